The number of amides is 2. The Morgan fingerprint density at radius 1 is 1.17 bits per heavy atom. The zero-order valence-corrected chi connectivity index (χ0v) is 15.3. The van der Waals surface area contributed by atoms with E-state index in [1.165, 1.54) is 5.56 Å². The first-order chi connectivity index (χ1) is 11.6. The predicted octanol–water partition coefficient (Wildman–Crippen LogP) is 3.50. The summed E-state index contributed by atoms with van der Waals surface area (Å²) in [5.74, 6) is 0. The molecule has 3 rings (SSSR count). The zero-order valence-electron chi connectivity index (χ0n) is 13.7. The number of piperazine rings is 1. The number of halogens is 1. The zero-order chi connectivity index (χ0) is 16.9. The Morgan fingerprint density at radius 2 is 1.88 bits per heavy atom. The van der Waals surface area contributed by atoms with Gasteiger partial charge in [0.2, 0.25) is 0 Å². The van der Waals surface area contributed by atoms with Crippen molar-refractivity contribution in [3.8, 4) is 0 Å². The highest BCUT2D eigenvalue weighted by Crippen LogP contribution is 2.20. The number of urea groups is 1. The number of carbonyl (C=O) groups is 1. The van der Waals surface area contributed by atoms with Crippen molar-refractivity contribution in [1.29, 1.82) is 0 Å². The van der Waals surface area contributed by atoms with Crippen LogP contribution in [0.5, 0.6) is 0 Å². The van der Waals surface area contributed by atoms with Crippen molar-refractivity contribution in [3.05, 3.63) is 58.3 Å². The minimum atomic E-state index is -0.0241. The molecule has 0 saturated carbocycles. The Labute approximate surface area is 150 Å². The van der Waals surface area contributed by atoms with Gasteiger partial charge in [-0.25, -0.2) is 4.79 Å². The first-order valence-corrected chi connectivity index (χ1v) is 8.84. The number of benzene rings is 1. The minimum absolute atomic E-state index is 0.0241. The van der Waals surface area contributed by atoms with Crippen LogP contribution in [0.15, 0.2) is 47.2 Å². The second-order valence-electron chi connectivity index (χ2n) is 6.01. The highest BCUT2D eigenvalue weighted by molar-refractivity contribution is 9.10. The van der Waals surface area contributed by atoms with Gasteiger partial charge >= 0.3 is 6.03 Å². The van der Waals surface area contributed by atoms with Crippen LogP contribution in [0.4, 0.5) is 10.5 Å². The molecule has 0 atom stereocenters. The van der Waals surface area contributed by atoms with Crippen LogP contribution < -0.4 is 5.32 Å². The Hall–Kier alpha value is -1.92. The summed E-state index contributed by atoms with van der Waals surface area (Å²) in [4.78, 5) is 20.7. The molecule has 2 heterocycles. The average Bonchev–Trinajstić information content (AvgIpc) is 2.59. The number of nitrogens with zero attached hydrogens (tertiary/aromatic N) is 3. The highest BCUT2D eigenvalue weighted by Gasteiger charge is 2.21. The van der Waals surface area contributed by atoms with Gasteiger partial charge in [-0.1, -0.05) is 15.9 Å². The summed E-state index contributed by atoms with van der Waals surface area (Å²) in [6, 6.07) is 9.92. The number of anilines is 1. The van der Waals surface area contributed by atoms with Crippen molar-refractivity contribution in [2.45, 2.75) is 13.5 Å². The van der Waals surface area contributed by atoms with E-state index in [0.29, 0.717) is 0 Å². The molecule has 1 aromatic heterocycles. The van der Waals surface area contributed by atoms with Gasteiger partial charge in [0.25, 0.3) is 0 Å². The maximum atomic E-state index is 12.4. The molecule has 2 amide bonds. The van der Waals surface area contributed by atoms with Gasteiger partial charge in [0.05, 0.1) is 0 Å². The normalized spacial score (nSPS) is 15.3. The van der Waals surface area contributed by atoms with E-state index in [9.17, 15) is 4.79 Å². The van der Waals surface area contributed by atoms with E-state index in [1.54, 1.807) is 0 Å². The summed E-state index contributed by atoms with van der Waals surface area (Å²) >= 11 is 3.44. The number of nitrogens with one attached hydrogen (secondary N) is 1. The van der Waals surface area contributed by atoms with Crippen LogP contribution in [-0.2, 0) is 6.54 Å². The summed E-state index contributed by atoms with van der Waals surface area (Å²) in [5.41, 5.74) is 3.17. The van der Waals surface area contributed by atoms with E-state index in [2.05, 4.69) is 31.1 Å². The topological polar surface area (TPSA) is 48.5 Å². The molecule has 1 saturated heterocycles. The molecule has 0 bridgehead atoms. The Morgan fingerprint density at radius 3 is 2.54 bits per heavy atom. The molecule has 5 nitrogen and oxygen atoms in total. The van der Waals surface area contributed by atoms with Crippen molar-refractivity contribution in [1.82, 2.24) is 14.8 Å². The first kappa shape index (κ1) is 16.9. The van der Waals surface area contributed by atoms with Crippen molar-refractivity contribution in [2.75, 3.05) is 31.5 Å². The molecule has 1 aliphatic heterocycles. The third-order valence-corrected chi connectivity index (χ3v) is 4.74. The fourth-order valence-corrected chi connectivity index (χ4v) is 3.29. The quantitative estimate of drug-likeness (QED) is 0.874. The van der Waals surface area contributed by atoms with Gasteiger partial charge < -0.3 is 10.2 Å². The molecule has 2 aromatic rings. The fourth-order valence-electron chi connectivity index (χ4n) is 2.82. The van der Waals surface area contributed by atoms with Gasteiger partial charge in [-0.05, 0) is 48.4 Å². The van der Waals surface area contributed by atoms with Gasteiger partial charge in [0.15, 0.2) is 0 Å². The van der Waals surface area contributed by atoms with E-state index in [-0.39, 0.29) is 6.03 Å². The standard InChI is InChI=1S/C18H21BrN4O/c1-14-12-16(19)2-3-17(14)21-18(24)23-10-8-22(9-11-23)13-15-4-6-20-7-5-15/h2-7,12H,8-11,13H2,1H3,(H,21,24). The highest BCUT2D eigenvalue weighted by atomic mass is 79.9. The smallest absolute Gasteiger partial charge is 0.321 e. The Balaban J connectivity index is 1.51. The minimum Gasteiger partial charge on any atom is -0.322 e. The molecule has 1 aromatic carbocycles. The van der Waals surface area contributed by atoms with Gasteiger partial charge in [0.1, 0.15) is 0 Å². The summed E-state index contributed by atoms with van der Waals surface area (Å²) in [6.45, 7) is 6.15. The molecule has 0 aliphatic carbocycles. The number of hydrogen-bond acceptors (Lipinski definition) is 3. The van der Waals surface area contributed by atoms with Crippen LogP contribution in [-0.4, -0.2) is 47.0 Å². The number of pyridine rings is 1. The predicted molar refractivity (Wildman–Crippen MR) is 99.0 cm³/mol. The first-order valence-electron chi connectivity index (χ1n) is 8.05. The molecular weight excluding hydrogens is 368 g/mol. The van der Waals surface area contributed by atoms with Crippen LogP contribution in [0.3, 0.4) is 0 Å². The number of hydrogen-bond donors (Lipinski definition) is 1. The van der Waals surface area contributed by atoms with E-state index >= 15 is 0 Å². The molecule has 1 N–H and O–H groups in total. The molecule has 6 heteroatoms. The summed E-state index contributed by atoms with van der Waals surface area (Å²) in [5, 5.41) is 3.01. The summed E-state index contributed by atoms with van der Waals surface area (Å²) < 4.78 is 1.02. The van der Waals surface area contributed by atoms with Crippen LogP contribution in [0.1, 0.15) is 11.1 Å². The molecule has 0 spiro atoms. The van der Waals surface area contributed by atoms with E-state index in [1.807, 2.05) is 54.5 Å². The third kappa shape index (κ3) is 4.33. The van der Waals surface area contributed by atoms with Crippen LogP contribution in [0.2, 0.25) is 0 Å². The lowest BCUT2D eigenvalue weighted by Crippen LogP contribution is -2.49. The van der Waals surface area contributed by atoms with Crippen molar-refractivity contribution >= 4 is 27.6 Å². The lowest BCUT2D eigenvalue weighted by atomic mass is 10.2. The summed E-state index contributed by atoms with van der Waals surface area (Å²) in [6.07, 6.45) is 3.64. The average molecular weight is 389 g/mol. The Bertz CT molecular complexity index is 699. The second-order valence-corrected chi connectivity index (χ2v) is 6.92. The SMILES string of the molecule is Cc1cc(Br)ccc1NC(=O)N1CCN(Cc2ccncc2)CC1. The molecule has 0 unspecified atom stereocenters. The number of aryl methyl sites for hydroxylation is 1. The van der Waals surface area contributed by atoms with Crippen LogP contribution >= 0.6 is 15.9 Å². The van der Waals surface area contributed by atoms with Gasteiger partial charge in [0, 0.05) is 55.3 Å². The molecule has 126 valence electrons. The molecule has 0 radical (unpaired) electrons. The summed E-state index contributed by atoms with van der Waals surface area (Å²) in [7, 11) is 0. The van der Waals surface area contributed by atoms with Gasteiger partial charge in [-0.3, -0.25) is 9.88 Å². The monoisotopic (exact) mass is 388 g/mol. The largest absolute Gasteiger partial charge is 0.322 e. The van der Waals surface area contributed by atoms with Crippen molar-refractivity contribution in [3.63, 3.8) is 0 Å². The molecular formula is C18H21BrN4O. The molecule has 1 aliphatic rings. The molecule has 24 heavy (non-hydrogen) atoms. The maximum Gasteiger partial charge on any atom is 0.321 e. The van der Waals surface area contributed by atoms with Crippen molar-refractivity contribution < 1.29 is 4.79 Å². The Kier molecular flexibility index (Phi) is 5.48. The number of aromatic nitrogens is 1. The van der Waals surface area contributed by atoms with E-state index in [0.717, 1.165) is 48.4 Å². The van der Waals surface area contributed by atoms with Crippen molar-refractivity contribution in [2.24, 2.45) is 0 Å². The van der Waals surface area contributed by atoms with Gasteiger partial charge in [-0.2, -0.15) is 0 Å². The number of rotatable bonds is 3. The number of carbonyl (C=O) groups excluding carboxylic acids is 1. The lowest BCUT2D eigenvalue weighted by Gasteiger charge is -2.34. The molecule has 1 fully saturated rings. The van der Waals surface area contributed by atoms with Gasteiger partial charge in [-0.15, -0.1) is 0 Å². The van der Waals surface area contributed by atoms with Crippen LogP contribution in [0.25, 0.3) is 0 Å². The fraction of sp³-hybridized carbons (Fsp3) is 0.333. The van der Waals surface area contributed by atoms with Crippen LogP contribution in [0, 0.1) is 6.92 Å². The van der Waals surface area contributed by atoms with E-state index in [4.69, 9.17) is 0 Å². The second kappa shape index (κ2) is 7.77. The lowest BCUT2D eigenvalue weighted by molar-refractivity contribution is 0.143. The van der Waals surface area contributed by atoms with E-state index < -0.39 is 0 Å². The third-order valence-electron chi connectivity index (χ3n) is 4.25. The maximum absolute atomic E-state index is 12.4.